The Morgan fingerprint density at radius 2 is 2.22 bits per heavy atom. The first kappa shape index (κ1) is 12.8. The quantitative estimate of drug-likeness (QED) is 0.645. The summed E-state index contributed by atoms with van der Waals surface area (Å²) in [6.07, 6.45) is -0.762. The van der Waals surface area contributed by atoms with Gasteiger partial charge in [-0.1, -0.05) is 18.2 Å². The fraction of sp³-hybridized carbons (Fsp3) is 0.500. The Bertz CT molecular complexity index is 436. The number of benzene rings is 1. The van der Waals surface area contributed by atoms with Crippen molar-refractivity contribution in [1.82, 2.24) is 0 Å². The maximum Gasteiger partial charge on any atom is 0.243 e. The van der Waals surface area contributed by atoms with E-state index in [1.165, 1.54) is 7.11 Å². The summed E-state index contributed by atoms with van der Waals surface area (Å²) in [5, 5.41) is 20.6. The van der Waals surface area contributed by atoms with Crippen molar-refractivity contribution >= 4 is 0 Å². The van der Waals surface area contributed by atoms with Gasteiger partial charge in [-0.05, 0) is 6.07 Å². The van der Waals surface area contributed by atoms with Crippen LogP contribution in [0.4, 0.5) is 0 Å². The van der Waals surface area contributed by atoms with Crippen LogP contribution >= 0.6 is 0 Å². The Labute approximate surface area is 104 Å². The van der Waals surface area contributed by atoms with Crippen LogP contribution in [0.2, 0.25) is 0 Å². The molecule has 0 aliphatic carbocycles. The van der Waals surface area contributed by atoms with E-state index >= 15 is 0 Å². The molecule has 0 radical (unpaired) electrons. The van der Waals surface area contributed by atoms with Crippen LogP contribution in [0.3, 0.4) is 0 Å². The molecule has 1 N–H and O–H groups in total. The SMILES string of the molecule is COc1ccccc1[C@@H]1C[C@@H](O)OC[C@H]1[N+](=O)[O-]. The van der Waals surface area contributed by atoms with Crippen LogP contribution in [-0.2, 0) is 4.74 Å². The number of hydrogen-bond acceptors (Lipinski definition) is 5. The third-order valence-electron chi connectivity index (χ3n) is 3.19. The molecule has 98 valence electrons. The topological polar surface area (TPSA) is 81.8 Å². The van der Waals surface area contributed by atoms with Crippen molar-refractivity contribution in [2.24, 2.45) is 0 Å². The summed E-state index contributed by atoms with van der Waals surface area (Å²) in [6, 6.07) is 6.30. The molecule has 0 unspecified atom stereocenters. The Balaban J connectivity index is 2.34. The summed E-state index contributed by atoms with van der Waals surface area (Å²) in [5.41, 5.74) is 0.740. The first-order valence-electron chi connectivity index (χ1n) is 5.69. The molecule has 0 aromatic heterocycles. The van der Waals surface area contributed by atoms with Crippen LogP contribution in [-0.4, -0.2) is 36.1 Å². The molecule has 1 heterocycles. The second kappa shape index (κ2) is 5.32. The summed E-state index contributed by atoms with van der Waals surface area (Å²) in [4.78, 5) is 10.7. The zero-order valence-corrected chi connectivity index (χ0v) is 9.98. The van der Waals surface area contributed by atoms with E-state index < -0.39 is 18.2 Å². The molecule has 0 bridgehead atoms. The highest BCUT2D eigenvalue weighted by atomic mass is 16.6. The van der Waals surface area contributed by atoms with Gasteiger partial charge in [0.25, 0.3) is 0 Å². The average molecular weight is 253 g/mol. The van der Waals surface area contributed by atoms with Crippen molar-refractivity contribution in [3.63, 3.8) is 0 Å². The lowest BCUT2D eigenvalue weighted by Gasteiger charge is -2.29. The fourth-order valence-electron chi connectivity index (χ4n) is 2.28. The molecular weight excluding hydrogens is 238 g/mol. The standard InChI is InChI=1S/C12H15NO5/c1-17-11-5-3-2-4-8(11)9-6-12(14)18-7-10(9)13(15)16/h2-5,9-10,12,14H,6-7H2,1H3/t9-,10+,12-/m0/s1. The molecule has 0 amide bonds. The lowest BCUT2D eigenvalue weighted by Crippen LogP contribution is -2.41. The second-order valence-electron chi connectivity index (χ2n) is 4.22. The molecule has 1 aromatic rings. The molecule has 6 heteroatoms. The van der Waals surface area contributed by atoms with Crippen LogP contribution in [0.5, 0.6) is 5.75 Å². The molecule has 2 rings (SSSR count). The van der Waals surface area contributed by atoms with E-state index in [2.05, 4.69) is 0 Å². The molecule has 0 spiro atoms. The minimum atomic E-state index is -0.962. The minimum absolute atomic E-state index is 0.0864. The van der Waals surface area contributed by atoms with Gasteiger partial charge in [-0.15, -0.1) is 0 Å². The summed E-state index contributed by atoms with van der Waals surface area (Å²) < 4.78 is 10.2. The first-order valence-corrected chi connectivity index (χ1v) is 5.69. The van der Waals surface area contributed by atoms with Crippen LogP contribution in [0.1, 0.15) is 17.9 Å². The molecule has 6 nitrogen and oxygen atoms in total. The molecule has 3 atom stereocenters. The number of rotatable bonds is 3. The highest BCUT2D eigenvalue weighted by molar-refractivity contribution is 5.37. The summed E-state index contributed by atoms with van der Waals surface area (Å²) in [5.74, 6) is 0.198. The minimum Gasteiger partial charge on any atom is -0.496 e. The van der Waals surface area contributed by atoms with E-state index in [4.69, 9.17) is 9.47 Å². The Morgan fingerprint density at radius 3 is 2.89 bits per heavy atom. The molecule has 1 aliphatic rings. The molecule has 0 saturated carbocycles. The summed E-state index contributed by atoms with van der Waals surface area (Å²) >= 11 is 0. The van der Waals surface area contributed by atoms with E-state index in [9.17, 15) is 15.2 Å². The van der Waals surface area contributed by atoms with Crippen LogP contribution in [0.25, 0.3) is 0 Å². The van der Waals surface area contributed by atoms with Gasteiger partial charge in [-0.25, -0.2) is 0 Å². The van der Waals surface area contributed by atoms with Gasteiger partial charge < -0.3 is 14.6 Å². The van der Waals surface area contributed by atoms with Gasteiger partial charge >= 0.3 is 0 Å². The number of nitrogens with zero attached hydrogens (tertiary/aromatic N) is 1. The highest BCUT2D eigenvalue weighted by Gasteiger charge is 2.40. The van der Waals surface area contributed by atoms with Gasteiger partial charge in [0.05, 0.1) is 13.0 Å². The van der Waals surface area contributed by atoms with Gasteiger partial charge in [0.15, 0.2) is 6.29 Å². The zero-order valence-electron chi connectivity index (χ0n) is 9.98. The van der Waals surface area contributed by atoms with Gasteiger partial charge in [0.1, 0.15) is 12.4 Å². The van der Waals surface area contributed by atoms with E-state index in [-0.39, 0.29) is 18.0 Å². The molecule has 18 heavy (non-hydrogen) atoms. The molecule has 1 fully saturated rings. The van der Waals surface area contributed by atoms with Crippen LogP contribution in [0, 0.1) is 10.1 Å². The molecular formula is C12H15NO5. The zero-order chi connectivity index (χ0) is 13.1. The Hall–Kier alpha value is -1.66. The molecule has 1 aromatic carbocycles. The number of aliphatic hydroxyl groups excluding tert-OH is 1. The van der Waals surface area contributed by atoms with E-state index in [1.807, 2.05) is 0 Å². The van der Waals surface area contributed by atoms with Gasteiger partial charge in [-0.2, -0.15) is 0 Å². The van der Waals surface area contributed by atoms with E-state index in [0.29, 0.717) is 5.75 Å². The van der Waals surface area contributed by atoms with E-state index in [0.717, 1.165) is 5.56 Å². The van der Waals surface area contributed by atoms with Crippen molar-refractivity contribution in [1.29, 1.82) is 0 Å². The smallest absolute Gasteiger partial charge is 0.243 e. The van der Waals surface area contributed by atoms with Crippen molar-refractivity contribution in [2.75, 3.05) is 13.7 Å². The maximum atomic E-state index is 11.0. The number of methoxy groups -OCH3 is 1. The normalized spacial score (nSPS) is 27.8. The maximum absolute atomic E-state index is 11.0. The average Bonchev–Trinajstić information content (AvgIpc) is 2.38. The second-order valence-corrected chi connectivity index (χ2v) is 4.22. The van der Waals surface area contributed by atoms with Crippen molar-refractivity contribution in [3.05, 3.63) is 39.9 Å². The largest absolute Gasteiger partial charge is 0.496 e. The lowest BCUT2D eigenvalue weighted by molar-refractivity contribution is -0.538. The van der Waals surface area contributed by atoms with E-state index in [1.54, 1.807) is 24.3 Å². The first-order chi connectivity index (χ1) is 8.63. The lowest BCUT2D eigenvalue weighted by atomic mass is 9.86. The van der Waals surface area contributed by atoms with Gasteiger partial charge in [0, 0.05) is 16.9 Å². The summed E-state index contributed by atoms with van der Waals surface area (Å²) in [7, 11) is 1.52. The highest BCUT2D eigenvalue weighted by Crippen LogP contribution is 2.36. The fourth-order valence-corrected chi connectivity index (χ4v) is 2.28. The van der Waals surface area contributed by atoms with Gasteiger partial charge in [-0.3, -0.25) is 10.1 Å². The predicted octanol–water partition coefficient (Wildman–Crippen LogP) is 1.16. The Kier molecular flexibility index (Phi) is 3.78. The predicted molar refractivity (Wildman–Crippen MR) is 63.1 cm³/mol. The van der Waals surface area contributed by atoms with Crippen molar-refractivity contribution in [2.45, 2.75) is 24.7 Å². The van der Waals surface area contributed by atoms with Crippen molar-refractivity contribution in [3.8, 4) is 5.75 Å². The number of ether oxygens (including phenoxy) is 2. The third kappa shape index (κ3) is 2.44. The van der Waals surface area contributed by atoms with Crippen LogP contribution < -0.4 is 4.74 Å². The molecule has 1 saturated heterocycles. The van der Waals surface area contributed by atoms with Crippen LogP contribution in [0.15, 0.2) is 24.3 Å². The number of nitro groups is 1. The third-order valence-corrected chi connectivity index (χ3v) is 3.19. The molecule has 1 aliphatic heterocycles. The number of aliphatic hydroxyl groups is 1. The monoisotopic (exact) mass is 253 g/mol. The number of hydrogen-bond donors (Lipinski definition) is 1. The van der Waals surface area contributed by atoms with Gasteiger partial charge in [0.2, 0.25) is 6.04 Å². The number of para-hydroxylation sites is 1. The summed E-state index contributed by atoms with van der Waals surface area (Å²) in [6.45, 7) is -0.0864. The van der Waals surface area contributed by atoms with Crippen molar-refractivity contribution < 1.29 is 19.5 Å². The Morgan fingerprint density at radius 1 is 1.50 bits per heavy atom.